The summed E-state index contributed by atoms with van der Waals surface area (Å²) >= 11 is 0.382. The van der Waals surface area contributed by atoms with Crippen molar-refractivity contribution in [3.05, 3.63) is 74.1 Å². The van der Waals surface area contributed by atoms with Crippen molar-refractivity contribution in [1.29, 1.82) is 0 Å². The Bertz CT molecular complexity index is 853. The van der Waals surface area contributed by atoms with Crippen molar-refractivity contribution in [2.24, 2.45) is 11.5 Å². The summed E-state index contributed by atoms with van der Waals surface area (Å²) in [6, 6.07) is 9.38. The van der Waals surface area contributed by atoms with Gasteiger partial charge in [0.1, 0.15) is 0 Å². The van der Waals surface area contributed by atoms with Crippen molar-refractivity contribution < 1.29 is 12.9 Å². The van der Waals surface area contributed by atoms with Crippen LogP contribution in [0.4, 0.5) is 0 Å². The summed E-state index contributed by atoms with van der Waals surface area (Å²) in [7, 11) is 9.47. The van der Waals surface area contributed by atoms with E-state index in [9.17, 15) is 0 Å². The Morgan fingerprint density at radius 3 is 1.05 bits per heavy atom. The number of hydrogen-bond acceptors (Lipinski definition) is 2. The van der Waals surface area contributed by atoms with Crippen molar-refractivity contribution >= 4 is 20.3 Å². The van der Waals surface area contributed by atoms with E-state index in [2.05, 4.69) is 93.5 Å². The fraction of sp³-hybridized carbons (Fsp3) is 0.625. The van der Waals surface area contributed by atoms with Crippen LogP contribution in [0.15, 0.2) is 24.3 Å². The van der Waals surface area contributed by atoms with E-state index in [1.807, 2.05) is 0 Å². The Hall–Kier alpha value is -0.594. The van der Waals surface area contributed by atoms with Gasteiger partial charge in [-0.15, -0.1) is 13.1 Å². The molecular formula is C32H52Cl2CoN3. The van der Waals surface area contributed by atoms with Crippen LogP contribution >= 0.6 is 20.3 Å². The van der Waals surface area contributed by atoms with Crippen molar-refractivity contribution in [3.63, 3.8) is 0 Å². The van der Waals surface area contributed by atoms with Gasteiger partial charge in [0.2, 0.25) is 0 Å². The molecule has 0 fully saturated rings. The van der Waals surface area contributed by atoms with E-state index in [4.69, 9.17) is 37.1 Å². The number of hydrogen-bond donors (Lipinski definition) is 2. The molecule has 0 heterocycles. The van der Waals surface area contributed by atoms with E-state index < -0.39 is 0 Å². The van der Waals surface area contributed by atoms with Crippen LogP contribution in [0.5, 0.6) is 0 Å². The van der Waals surface area contributed by atoms with Gasteiger partial charge >= 0.3 is 33.2 Å². The van der Waals surface area contributed by atoms with Crippen molar-refractivity contribution in [2.75, 3.05) is 13.1 Å². The summed E-state index contributed by atoms with van der Waals surface area (Å²) < 4.78 is 0. The summed E-state index contributed by atoms with van der Waals surface area (Å²) in [6.07, 6.45) is 1.74. The number of aryl methyl sites for hydroxylation is 2. The second kappa shape index (κ2) is 17.3. The normalized spacial score (nSPS) is 13.4. The third kappa shape index (κ3) is 11.1. The number of nitrogens with two attached hydrogens (primary N) is 2. The third-order valence-corrected chi connectivity index (χ3v) is 7.07. The summed E-state index contributed by atoms with van der Waals surface area (Å²) in [4.78, 5) is 0. The molecular weight excluding hydrogens is 556 g/mol. The van der Waals surface area contributed by atoms with Crippen LogP contribution in [0, 0.1) is 13.8 Å². The predicted octanol–water partition coefficient (Wildman–Crippen LogP) is 8.99. The topological polar surface area (TPSA) is 66.1 Å². The Morgan fingerprint density at radius 1 is 0.605 bits per heavy atom. The minimum atomic E-state index is 0.0109. The van der Waals surface area contributed by atoms with Crippen molar-refractivity contribution in [3.8, 4) is 0 Å². The maximum absolute atomic E-state index is 6.63. The van der Waals surface area contributed by atoms with E-state index in [0.29, 0.717) is 49.7 Å². The minimum absolute atomic E-state index is 0.0109. The molecule has 0 amide bonds. The molecule has 218 valence electrons. The molecule has 2 atom stereocenters. The zero-order valence-electron chi connectivity index (χ0n) is 25.3. The zero-order valence-corrected chi connectivity index (χ0v) is 27.8. The molecule has 2 aromatic rings. The molecule has 4 N–H and O–H groups in total. The molecule has 0 aliphatic carbocycles. The van der Waals surface area contributed by atoms with Gasteiger partial charge in [-0.05, 0) is 95.8 Å². The first-order valence-corrected chi connectivity index (χ1v) is 16.8. The van der Waals surface area contributed by atoms with Gasteiger partial charge in [0.15, 0.2) is 0 Å². The molecule has 0 aromatic heterocycles. The monoisotopic (exact) mass is 607 g/mol. The number of nitrogens with zero attached hydrogens (tertiary/aromatic N) is 1. The summed E-state index contributed by atoms with van der Waals surface area (Å²) in [5.41, 5.74) is 24.5. The maximum atomic E-state index is 6.63. The molecule has 2 rings (SSSR count). The Balaban J connectivity index is 0.00000229. The molecule has 38 heavy (non-hydrogen) atoms. The molecule has 6 heteroatoms. The zero-order chi connectivity index (χ0) is 29.2. The van der Waals surface area contributed by atoms with Crippen molar-refractivity contribution in [2.45, 2.75) is 118 Å². The van der Waals surface area contributed by atoms with Gasteiger partial charge in [-0.2, -0.15) is 0 Å². The fourth-order valence-electron chi connectivity index (χ4n) is 5.34. The molecule has 2 unspecified atom stereocenters. The first-order chi connectivity index (χ1) is 17.7. The summed E-state index contributed by atoms with van der Waals surface area (Å²) in [5.74, 6) is 1.94. The quantitative estimate of drug-likeness (QED) is 0.253. The van der Waals surface area contributed by atoms with Gasteiger partial charge in [0.25, 0.3) is 0 Å². The van der Waals surface area contributed by atoms with E-state index in [1.54, 1.807) is 0 Å². The molecule has 0 radical (unpaired) electrons. The number of rotatable bonds is 12. The molecule has 2 aromatic carbocycles. The summed E-state index contributed by atoms with van der Waals surface area (Å²) in [5, 5.41) is 4.85. The van der Waals surface area contributed by atoms with E-state index in [1.165, 1.54) is 44.5 Å². The van der Waals surface area contributed by atoms with Crippen LogP contribution in [0.2, 0.25) is 0 Å². The second-order valence-electron chi connectivity index (χ2n) is 12.0. The van der Waals surface area contributed by atoms with Crippen LogP contribution < -0.4 is 11.5 Å². The van der Waals surface area contributed by atoms with E-state index in [0.717, 1.165) is 12.8 Å². The number of benzene rings is 2. The van der Waals surface area contributed by atoms with Gasteiger partial charge in [-0.3, -0.25) is 0 Å². The van der Waals surface area contributed by atoms with Gasteiger partial charge in [-0.25, -0.2) is 0 Å². The van der Waals surface area contributed by atoms with Gasteiger partial charge in [0.05, 0.1) is 0 Å². The molecule has 0 aliphatic heterocycles. The molecule has 0 bridgehead atoms. The molecule has 0 saturated heterocycles. The van der Waals surface area contributed by atoms with Gasteiger partial charge in [-0.1, -0.05) is 90.8 Å². The average Bonchev–Trinajstić information content (AvgIpc) is 2.80. The van der Waals surface area contributed by atoms with E-state index >= 15 is 0 Å². The third-order valence-electron chi connectivity index (χ3n) is 7.07. The Morgan fingerprint density at radius 2 is 0.842 bits per heavy atom. The van der Waals surface area contributed by atoms with Crippen LogP contribution in [0.1, 0.15) is 124 Å². The Kier molecular flexibility index (Phi) is 16.1. The van der Waals surface area contributed by atoms with Crippen LogP contribution in [-0.2, 0) is 25.7 Å². The molecule has 3 nitrogen and oxygen atoms in total. The van der Waals surface area contributed by atoms with Crippen LogP contribution in [-0.4, -0.2) is 25.2 Å². The first kappa shape index (κ1) is 35.4. The molecule has 0 saturated carbocycles. The van der Waals surface area contributed by atoms with Gasteiger partial charge < -0.3 is 16.8 Å². The molecule has 0 spiro atoms. The van der Waals surface area contributed by atoms with Crippen LogP contribution in [0.25, 0.3) is 5.32 Å². The number of halogens is 2. The predicted molar refractivity (Wildman–Crippen MR) is 167 cm³/mol. The van der Waals surface area contributed by atoms with E-state index in [-0.39, 0.29) is 12.1 Å². The van der Waals surface area contributed by atoms with Crippen molar-refractivity contribution in [1.82, 2.24) is 0 Å². The summed E-state index contributed by atoms with van der Waals surface area (Å²) in [6.45, 7) is 23.9. The SMILES string of the molecule is Cc1cc(C(C)C)c(CC(N)C[N-]CC(N)Cc2c(C(C)C)cc(C)cc2C(C)C)c(C(C)C)c1.[Cl][Co+][Cl]. The van der Waals surface area contributed by atoms with Gasteiger partial charge in [0, 0.05) is 0 Å². The second-order valence-corrected chi connectivity index (χ2v) is 13.7. The fourth-order valence-corrected chi connectivity index (χ4v) is 5.34. The van der Waals surface area contributed by atoms with Crippen LogP contribution in [0.3, 0.4) is 0 Å². The standard InChI is InChI=1S/C32H52N3.2ClH.Co/c1-19(2)27-11-23(9)12-28(20(3)4)31(27)15-25(33)17-35-18-26(34)16-32-29(21(5)6)13-24(10)14-30(32)22(7)8;;;/h11-14,19-22,25-26H,15-18,33-34H2,1-10H3;2*1H;/q-1;;;+3/p-2. The first-order valence-electron chi connectivity index (χ1n) is 14.0. The Labute approximate surface area is 248 Å². The average molecular weight is 609 g/mol. The molecule has 0 aliphatic rings.